The number of hydrogen-bond donors (Lipinski definition) is 1. The van der Waals surface area contributed by atoms with Crippen LogP contribution in [0, 0.1) is 11.6 Å². The van der Waals surface area contributed by atoms with E-state index >= 15 is 0 Å². The number of nitrogens with one attached hydrogen (secondary N) is 1. The topological polar surface area (TPSA) is 68.5 Å². The van der Waals surface area contributed by atoms with Crippen LogP contribution < -0.4 is 15.7 Å². The number of amides is 1. The summed E-state index contributed by atoms with van der Waals surface area (Å²) in [7, 11) is 1.45. The normalized spacial score (nSPS) is 10.6. The molecular formula is C17H11F2NO4. The van der Waals surface area contributed by atoms with Crippen molar-refractivity contribution in [2.24, 2.45) is 0 Å². The zero-order valence-electron chi connectivity index (χ0n) is 12.4. The molecule has 0 aliphatic heterocycles. The van der Waals surface area contributed by atoms with Crippen LogP contribution in [0.1, 0.15) is 10.4 Å². The highest BCUT2D eigenvalue weighted by molar-refractivity contribution is 6.12. The van der Waals surface area contributed by atoms with Crippen LogP contribution in [0.15, 0.2) is 51.7 Å². The van der Waals surface area contributed by atoms with Crippen molar-refractivity contribution >= 4 is 22.6 Å². The Bertz CT molecular complexity index is 998. The molecule has 7 heteroatoms. The molecule has 0 unspecified atom stereocenters. The van der Waals surface area contributed by atoms with Crippen LogP contribution in [-0.2, 0) is 0 Å². The summed E-state index contributed by atoms with van der Waals surface area (Å²) in [6.45, 7) is 0. The van der Waals surface area contributed by atoms with Gasteiger partial charge in [-0.15, -0.1) is 0 Å². The van der Waals surface area contributed by atoms with Crippen molar-refractivity contribution in [3.05, 3.63) is 70.1 Å². The fourth-order valence-corrected chi connectivity index (χ4v) is 2.24. The van der Waals surface area contributed by atoms with Gasteiger partial charge in [0.2, 0.25) is 0 Å². The van der Waals surface area contributed by atoms with Gasteiger partial charge in [-0.3, -0.25) is 4.79 Å². The van der Waals surface area contributed by atoms with Gasteiger partial charge < -0.3 is 14.5 Å². The summed E-state index contributed by atoms with van der Waals surface area (Å²) in [6.07, 6.45) is 0. The summed E-state index contributed by atoms with van der Waals surface area (Å²) in [5.74, 6) is -1.95. The zero-order chi connectivity index (χ0) is 17.3. The lowest BCUT2D eigenvalue weighted by molar-refractivity contribution is 0.102. The quantitative estimate of drug-likeness (QED) is 0.748. The van der Waals surface area contributed by atoms with Crippen molar-refractivity contribution in [1.29, 1.82) is 0 Å². The lowest BCUT2D eigenvalue weighted by Gasteiger charge is -2.09. The van der Waals surface area contributed by atoms with E-state index in [1.54, 1.807) is 12.1 Å². The molecule has 0 fully saturated rings. The number of carbonyl (C=O) groups is 1. The van der Waals surface area contributed by atoms with Gasteiger partial charge in [0.25, 0.3) is 5.91 Å². The Morgan fingerprint density at radius 1 is 1.12 bits per heavy atom. The van der Waals surface area contributed by atoms with Gasteiger partial charge in [0.1, 0.15) is 23.0 Å². The second-order valence-electron chi connectivity index (χ2n) is 4.92. The second-order valence-corrected chi connectivity index (χ2v) is 4.92. The Hall–Kier alpha value is -3.22. The maximum atomic E-state index is 13.7. The third kappa shape index (κ3) is 2.96. The van der Waals surface area contributed by atoms with Crippen LogP contribution in [0.5, 0.6) is 5.75 Å². The van der Waals surface area contributed by atoms with Gasteiger partial charge in [-0.1, -0.05) is 0 Å². The van der Waals surface area contributed by atoms with E-state index in [2.05, 4.69) is 5.32 Å². The first-order valence-corrected chi connectivity index (χ1v) is 6.86. The first-order valence-electron chi connectivity index (χ1n) is 6.86. The molecular weight excluding hydrogens is 320 g/mol. The predicted octanol–water partition coefficient (Wildman–Crippen LogP) is 3.33. The van der Waals surface area contributed by atoms with Crippen LogP contribution in [0.2, 0.25) is 0 Å². The summed E-state index contributed by atoms with van der Waals surface area (Å²) in [4.78, 5) is 24.0. The number of ether oxygens (including phenoxy) is 1. The lowest BCUT2D eigenvalue weighted by Crippen LogP contribution is -2.16. The van der Waals surface area contributed by atoms with Crippen LogP contribution in [0.3, 0.4) is 0 Å². The molecule has 0 saturated heterocycles. The Morgan fingerprint density at radius 2 is 1.92 bits per heavy atom. The second kappa shape index (κ2) is 6.11. The molecule has 0 aliphatic rings. The molecule has 0 aliphatic carbocycles. The van der Waals surface area contributed by atoms with E-state index in [0.29, 0.717) is 17.2 Å². The Labute approximate surface area is 134 Å². The molecule has 122 valence electrons. The minimum Gasteiger partial charge on any atom is -0.497 e. The first-order chi connectivity index (χ1) is 11.5. The van der Waals surface area contributed by atoms with E-state index in [4.69, 9.17) is 9.15 Å². The monoisotopic (exact) mass is 331 g/mol. The molecule has 0 saturated carbocycles. The Kier molecular flexibility index (Phi) is 3.99. The van der Waals surface area contributed by atoms with Crippen molar-refractivity contribution in [2.75, 3.05) is 12.4 Å². The zero-order valence-corrected chi connectivity index (χ0v) is 12.4. The summed E-state index contributed by atoms with van der Waals surface area (Å²) in [5, 5.41) is 2.67. The van der Waals surface area contributed by atoms with E-state index in [1.807, 2.05) is 0 Å². The van der Waals surface area contributed by atoms with E-state index < -0.39 is 23.2 Å². The molecule has 1 N–H and O–H groups in total. The van der Waals surface area contributed by atoms with Crippen LogP contribution in [-0.4, -0.2) is 13.0 Å². The fraction of sp³-hybridized carbons (Fsp3) is 0.0588. The van der Waals surface area contributed by atoms with Gasteiger partial charge in [-0.25, -0.2) is 13.6 Å². The molecule has 0 radical (unpaired) electrons. The van der Waals surface area contributed by atoms with E-state index in [9.17, 15) is 18.4 Å². The summed E-state index contributed by atoms with van der Waals surface area (Å²) < 4.78 is 36.7. The highest BCUT2D eigenvalue weighted by Gasteiger charge is 2.16. The highest BCUT2D eigenvalue weighted by Crippen LogP contribution is 2.24. The number of halogens is 2. The van der Waals surface area contributed by atoms with Crippen molar-refractivity contribution in [3.63, 3.8) is 0 Å². The minimum atomic E-state index is -0.919. The molecule has 5 nitrogen and oxygen atoms in total. The van der Waals surface area contributed by atoms with Gasteiger partial charge in [-0.05, 0) is 24.3 Å². The number of fused-ring (bicyclic) bond motifs is 1. The largest absolute Gasteiger partial charge is 0.497 e. The van der Waals surface area contributed by atoms with Crippen molar-refractivity contribution in [1.82, 2.24) is 0 Å². The predicted molar refractivity (Wildman–Crippen MR) is 83.3 cm³/mol. The minimum absolute atomic E-state index is 0.00706. The molecule has 0 spiro atoms. The smallest absolute Gasteiger partial charge is 0.337 e. The lowest BCUT2D eigenvalue weighted by atomic mass is 10.1. The van der Waals surface area contributed by atoms with Gasteiger partial charge in [0.05, 0.1) is 18.4 Å². The van der Waals surface area contributed by atoms with Crippen molar-refractivity contribution < 1.29 is 22.7 Å². The number of benzene rings is 2. The average Bonchev–Trinajstić information content (AvgIpc) is 2.55. The Morgan fingerprint density at radius 3 is 2.62 bits per heavy atom. The summed E-state index contributed by atoms with van der Waals surface area (Å²) >= 11 is 0. The molecule has 3 rings (SSSR count). The van der Waals surface area contributed by atoms with Gasteiger partial charge >= 0.3 is 5.63 Å². The Balaban J connectivity index is 2.04. The molecule has 1 heterocycles. The molecule has 2 aromatic carbocycles. The van der Waals surface area contributed by atoms with Gasteiger partial charge in [0, 0.05) is 23.6 Å². The highest BCUT2D eigenvalue weighted by atomic mass is 19.1. The van der Waals surface area contributed by atoms with Gasteiger partial charge in [-0.2, -0.15) is 0 Å². The van der Waals surface area contributed by atoms with Gasteiger partial charge in [0.15, 0.2) is 0 Å². The third-order valence-electron chi connectivity index (χ3n) is 3.38. The molecule has 0 atom stereocenters. The third-order valence-corrected chi connectivity index (χ3v) is 3.38. The van der Waals surface area contributed by atoms with Crippen molar-refractivity contribution in [2.45, 2.75) is 0 Å². The van der Waals surface area contributed by atoms with E-state index in [-0.39, 0.29) is 16.8 Å². The number of rotatable bonds is 3. The maximum Gasteiger partial charge on any atom is 0.337 e. The summed E-state index contributed by atoms with van der Waals surface area (Å²) in [5.41, 5.74) is -0.768. The van der Waals surface area contributed by atoms with Crippen LogP contribution >= 0.6 is 0 Å². The molecule has 24 heavy (non-hydrogen) atoms. The standard InChI is InChI=1S/C17H11F2NO4/c1-23-10-3-4-11-12(8-16(21)24-15(11)7-10)17(22)20-14-5-2-9(18)6-13(14)19/h2-8H,1H3,(H,20,22). The first kappa shape index (κ1) is 15.7. The number of methoxy groups -OCH3 is 1. The number of anilines is 1. The average molecular weight is 331 g/mol. The molecule has 0 bridgehead atoms. The molecule has 3 aromatic rings. The number of carbonyl (C=O) groups excluding carboxylic acids is 1. The van der Waals surface area contributed by atoms with Crippen LogP contribution in [0.25, 0.3) is 11.0 Å². The van der Waals surface area contributed by atoms with E-state index in [0.717, 1.165) is 18.2 Å². The molecule has 1 amide bonds. The SMILES string of the molecule is COc1ccc2c(C(=O)Nc3ccc(F)cc3F)cc(=O)oc2c1. The summed E-state index contributed by atoms with van der Waals surface area (Å²) in [6, 6.07) is 8.38. The van der Waals surface area contributed by atoms with Crippen molar-refractivity contribution in [3.8, 4) is 5.75 Å². The fourth-order valence-electron chi connectivity index (χ4n) is 2.24. The van der Waals surface area contributed by atoms with Crippen LogP contribution in [0.4, 0.5) is 14.5 Å². The van der Waals surface area contributed by atoms with E-state index in [1.165, 1.54) is 13.2 Å². The maximum absolute atomic E-state index is 13.7. The molecule has 1 aromatic heterocycles. The number of hydrogen-bond acceptors (Lipinski definition) is 4.